The van der Waals surface area contributed by atoms with Crippen LogP contribution >= 0.6 is 7.82 Å². The number of halogens is 2. The van der Waals surface area contributed by atoms with Crippen molar-refractivity contribution in [3.63, 3.8) is 0 Å². The van der Waals surface area contributed by atoms with Crippen LogP contribution in [0.4, 0.5) is 20.5 Å². The van der Waals surface area contributed by atoms with Gasteiger partial charge in [0, 0.05) is 0 Å². The lowest BCUT2D eigenvalue weighted by molar-refractivity contribution is -0.236. The number of alkyl halides is 2. The van der Waals surface area contributed by atoms with Gasteiger partial charge in [-0.05, 0) is 6.92 Å². The molecule has 6 unspecified atom stereocenters. The maximum atomic E-state index is 15.5. The molecule has 0 saturated carbocycles. The van der Waals surface area contributed by atoms with Crippen molar-refractivity contribution in [2.45, 2.75) is 50.2 Å². The fourth-order valence-electron chi connectivity index (χ4n) is 4.68. The second-order valence-corrected chi connectivity index (χ2v) is 10.9. The van der Waals surface area contributed by atoms with Gasteiger partial charge in [0.05, 0.1) is 19.3 Å². The molecule has 2 aliphatic rings. The van der Waals surface area contributed by atoms with Gasteiger partial charge in [0.1, 0.15) is 37.0 Å². The number of nitrogens with one attached hydrogen (secondary N) is 1. The van der Waals surface area contributed by atoms with Gasteiger partial charge in [-0.2, -0.15) is 4.98 Å². The van der Waals surface area contributed by atoms with Gasteiger partial charge in [-0.25, -0.2) is 33.3 Å². The molecule has 22 heteroatoms. The average molecular weight is 630 g/mol. The van der Waals surface area contributed by atoms with Crippen LogP contribution in [0, 0.1) is 0 Å². The molecule has 2 bridgehead atoms. The van der Waals surface area contributed by atoms with E-state index in [1.165, 1.54) is 17.2 Å². The molecule has 0 spiro atoms. The maximum Gasteiger partial charge on any atom is 0.472 e. The number of aromatic amines is 1. The molecule has 4 aromatic heterocycles. The molecule has 19 nitrogen and oxygen atoms in total. The fourth-order valence-corrected chi connectivity index (χ4v) is 5.61. The van der Waals surface area contributed by atoms with Crippen LogP contribution in [-0.4, -0.2) is 94.8 Å². The number of nitrogen functional groups attached to an aromatic ring is 2. The number of anilines is 2. The Labute approximate surface area is 238 Å². The molecule has 232 valence electrons. The highest BCUT2D eigenvalue weighted by molar-refractivity contribution is 7.47. The van der Waals surface area contributed by atoms with Crippen LogP contribution in [0.3, 0.4) is 0 Å². The number of rotatable bonds is 5. The van der Waals surface area contributed by atoms with Crippen molar-refractivity contribution in [1.82, 2.24) is 39.0 Å². The largest absolute Gasteiger partial charge is 0.472 e. The topological polar surface area (TPSA) is 252 Å². The first-order valence-electron chi connectivity index (χ1n) is 12.6. The number of phosphoric ester groups is 1. The third-order valence-corrected chi connectivity index (χ3v) is 7.73. The summed E-state index contributed by atoms with van der Waals surface area (Å²) in [5, 5.41) is 0. The number of H-pyrrole nitrogens is 1. The highest BCUT2D eigenvalue weighted by atomic mass is 31.2. The van der Waals surface area contributed by atoms with Crippen molar-refractivity contribution in [1.29, 1.82) is 0 Å². The Hall–Kier alpha value is -3.69. The van der Waals surface area contributed by atoms with Crippen LogP contribution in [0.25, 0.3) is 22.3 Å². The zero-order chi connectivity index (χ0) is 30.5. The van der Waals surface area contributed by atoms with Gasteiger partial charge in [-0.3, -0.25) is 28.0 Å². The van der Waals surface area contributed by atoms with E-state index in [-0.39, 0.29) is 22.9 Å². The normalized spacial score (nSPS) is 31.2. The molecule has 6 rings (SSSR count). The third kappa shape index (κ3) is 5.56. The number of ether oxygens (including phenoxy) is 4. The molecule has 8 atom stereocenters. The van der Waals surface area contributed by atoms with Gasteiger partial charge in [0.25, 0.3) is 5.56 Å². The first-order chi connectivity index (χ1) is 20.6. The number of hydrogen-bond donors (Lipinski definition) is 4. The summed E-state index contributed by atoms with van der Waals surface area (Å²) >= 11 is 0. The lowest BCUT2D eigenvalue weighted by Gasteiger charge is -2.30. The van der Waals surface area contributed by atoms with E-state index in [2.05, 4.69) is 29.9 Å². The van der Waals surface area contributed by atoms with E-state index >= 15 is 4.39 Å². The Kier molecular flexibility index (Phi) is 7.81. The van der Waals surface area contributed by atoms with Gasteiger partial charge in [0.2, 0.25) is 5.95 Å². The van der Waals surface area contributed by atoms with Gasteiger partial charge in [-0.1, -0.05) is 0 Å². The van der Waals surface area contributed by atoms with E-state index in [4.69, 9.17) is 39.5 Å². The van der Waals surface area contributed by atoms with Gasteiger partial charge < -0.3 is 35.3 Å². The number of aromatic nitrogens is 8. The first kappa shape index (κ1) is 29.4. The summed E-state index contributed by atoms with van der Waals surface area (Å²) in [6.45, 7) is -1.00. The molecular formula is C21H25F2N10O9P. The Balaban J connectivity index is 1.26. The molecule has 0 aliphatic carbocycles. The van der Waals surface area contributed by atoms with E-state index < -0.39 is 76.7 Å². The number of hydrogen-bond acceptors (Lipinski definition) is 15. The lowest BCUT2D eigenvalue weighted by atomic mass is 10.2. The van der Waals surface area contributed by atoms with Crippen molar-refractivity contribution in [2.75, 3.05) is 31.5 Å². The monoisotopic (exact) mass is 630 g/mol. The molecule has 0 aromatic carbocycles. The predicted octanol–water partition coefficient (Wildman–Crippen LogP) is 0.0652. The van der Waals surface area contributed by atoms with Crippen LogP contribution < -0.4 is 17.0 Å². The first-order valence-corrected chi connectivity index (χ1v) is 14.1. The summed E-state index contributed by atoms with van der Waals surface area (Å²) in [5.74, 6) is -0.145. The highest BCUT2D eigenvalue weighted by Gasteiger charge is 2.52. The van der Waals surface area contributed by atoms with Crippen molar-refractivity contribution in [3.05, 3.63) is 29.3 Å². The molecule has 43 heavy (non-hydrogen) atoms. The Bertz CT molecular complexity index is 1740. The van der Waals surface area contributed by atoms with Crippen LogP contribution in [0.1, 0.15) is 19.4 Å². The number of imidazole rings is 2. The number of nitrogens with zero attached hydrogens (tertiary/aromatic N) is 7. The highest BCUT2D eigenvalue weighted by Crippen LogP contribution is 2.50. The summed E-state index contributed by atoms with van der Waals surface area (Å²) in [5.41, 5.74) is 11.1. The van der Waals surface area contributed by atoms with Crippen molar-refractivity contribution < 1.29 is 46.2 Å². The summed E-state index contributed by atoms with van der Waals surface area (Å²) in [7, 11) is -5.10. The number of fused-ring (bicyclic) bond motifs is 4. The van der Waals surface area contributed by atoms with Crippen LogP contribution in [0.2, 0.25) is 0 Å². The minimum Gasteiger partial charge on any atom is -0.382 e. The summed E-state index contributed by atoms with van der Waals surface area (Å²) in [4.78, 5) is 45.1. The van der Waals surface area contributed by atoms with E-state index in [1.807, 2.05) is 0 Å². The summed E-state index contributed by atoms with van der Waals surface area (Å²) in [6, 6.07) is 0. The SMILES string of the molecule is C[C@@H](OC1COP(=O)(O)OC2C(F)C(OCO[C@@H]1CF)OC2n1cnc2c(=O)[nH]c(N)nc21)n1cnc2c(N)ncnc21. The fraction of sp³-hybridized carbons (Fsp3) is 0.524. The van der Waals surface area contributed by atoms with Gasteiger partial charge in [-0.15, -0.1) is 0 Å². The smallest absolute Gasteiger partial charge is 0.382 e. The van der Waals surface area contributed by atoms with E-state index in [9.17, 15) is 18.6 Å². The molecular weight excluding hydrogens is 605 g/mol. The van der Waals surface area contributed by atoms with Crippen molar-refractivity contribution in [3.8, 4) is 0 Å². The van der Waals surface area contributed by atoms with Crippen LogP contribution in [-0.2, 0) is 32.6 Å². The molecule has 2 fully saturated rings. The Morgan fingerprint density at radius 2 is 2.00 bits per heavy atom. The molecule has 4 aromatic rings. The number of nitrogens with two attached hydrogens (primary N) is 2. The van der Waals surface area contributed by atoms with Crippen LogP contribution in [0.5, 0.6) is 0 Å². The minimum atomic E-state index is -5.10. The molecule has 2 aliphatic heterocycles. The standard InChI is InChI=1S/C21H25F2N10O9P/c1-8(32-5-28-12-15(24)26-4-27-16(12)32)40-10-3-39-43(35,36)42-14-11(23)20(38-7-37-9(10)2-22)41-19(14)33-6-29-13-17(33)30-21(25)31-18(13)34/h4-6,8-11,14,19-20H,2-3,7H2,1H3,(H,35,36)(H2,24,26,27)(H3,25,30,31,34)/t8-,9-,10?,11?,14?,19?,20?/m1/s1. The Morgan fingerprint density at radius 1 is 1.21 bits per heavy atom. The van der Waals surface area contributed by atoms with E-state index in [1.54, 1.807) is 6.92 Å². The van der Waals surface area contributed by atoms with Crippen molar-refractivity contribution >= 4 is 41.9 Å². The molecule has 2 saturated heterocycles. The van der Waals surface area contributed by atoms with Crippen molar-refractivity contribution in [2.24, 2.45) is 0 Å². The summed E-state index contributed by atoms with van der Waals surface area (Å²) < 4.78 is 78.0. The van der Waals surface area contributed by atoms with E-state index in [0.717, 1.165) is 10.9 Å². The van der Waals surface area contributed by atoms with Gasteiger partial charge >= 0.3 is 7.82 Å². The Morgan fingerprint density at radius 3 is 2.79 bits per heavy atom. The number of phosphoric acid groups is 1. The molecule has 6 N–H and O–H groups in total. The zero-order valence-electron chi connectivity index (χ0n) is 22.1. The lowest BCUT2D eigenvalue weighted by Crippen LogP contribution is -2.40. The third-order valence-electron chi connectivity index (χ3n) is 6.74. The second kappa shape index (κ2) is 11.4. The quantitative estimate of drug-likeness (QED) is 0.213. The van der Waals surface area contributed by atoms with E-state index in [0.29, 0.717) is 11.2 Å². The van der Waals surface area contributed by atoms with Crippen LogP contribution in [0.15, 0.2) is 23.8 Å². The summed E-state index contributed by atoms with van der Waals surface area (Å²) in [6.07, 6.45) is -7.23. The molecule has 6 heterocycles. The maximum absolute atomic E-state index is 15.5. The minimum absolute atomic E-state index is 0.124. The average Bonchev–Trinajstić information content (AvgIpc) is 3.66. The molecule has 0 radical (unpaired) electrons. The van der Waals surface area contributed by atoms with Gasteiger partial charge in [0.15, 0.2) is 54.2 Å². The zero-order valence-corrected chi connectivity index (χ0v) is 23.0. The molecule has 0 amide bonds. The second-order valence-electron chi connectivity index (χ2n) is 9.45. The predicted molar refractivity (Wildman–Crippen MR) is 138 cm³/mol.